The molecule has 0 aliphatic heterocycles. The molecule has 0 fully saturated rings. The number of halogens is 2. The third-order valence-electron chi connectivity index (χ3n) is 4.60. The van der Waals surface area contributed by atoms with E-state index in [9.17, 15) is 4.79 Å². The molecule has 0 aliphatic carbocycles. The molecule has 7 heteroatoms. The molecule has 154 valence electrons. The van der Waals surface area contributed by atoms with Crippen LogP contribution in [0.15, 0.2) is 84.1 Å². The van der Waals surface area contributed by atoms with Crippen LogP contribution in [-0.2, 0) is 0 Å². The maximum absolute atomic E-state index is 12.4. The lowest BCUT2D eigenvalue weighted by atomic mass is 10.1. The number of aryl methyl sites for hydroxylation is 1. The largest absolute Gasteiger partial charge is 0.272 e. The van der Waals surface area contributed by atoms with Gasteiger partial charge in [0.1, 0.15) is 5.69 Å². The highest BCUT2D eigenvalue weighted by atomic mass is 35.5. The van der Waals surface area contributed by atoms with Crippen molar-refractivity contribution in [2.24, 2.45) is 5.10 Å². The number of rotatable bonds is 5. The van der Waals surface area contributed by atoms with Crippen molar-refractivity contribution in [1.29, 1.82) is 0 Å². The molecule has 0 saturated heterocycles. The Bertz CT molecular complexity index is 1270. The van der Waals surface area contributed by atoms with Crippen LogP contribution in [0.1, 0.15) is 21.5 Å². The smallest absolute Gasteiger partial charge is 0.267 e. The van der Waals surface area contributed by atoms with E-state index in [4.69, 9.17) is 28.3 Å². The molecular weight excluding hydrogens is 431 g/mol. The number of nitrogens with zero attached hydrogens (tertiary/aromatic N) is 3. The summed E-state index contributed by atoms with van der Waals surface area (Å²) in [6, 6.07) is 22.5. The first kappa shape index (κ1) is 20.8. The highest BCUT2D eigenvalue weighted by Crippen LogP contribution is 2.24. The molecule has 0 aliphatic rings. The first-order valence-corrected chi connectivity index (χ1v) is 10.3. The highest BCUT2D eigenvalue weighted by molar-refractivity contribution is 6.36. The fraction of sp³-hybridized carbons (Fsp3) is 0.0417. The standard InChI is InChI=1S/C24H18Cl2N4O/c1-16-6-5-7-17(12-16)23-18(15-30(29-23)20-8-3-2-4-9-20)14-27-28-24(31)21-11-10-19(25)13-22(21)26/h2-15H,1H3,(H,28,31). The maximum Gasteiger partial charge on any atom is 0.272 e. The summed E-state index contributed by atoms with van der Waals surface area (Å²) in [4.78, 5) is 12.4. The number of aromatic nitrogens is 2. The van der Waals surface area contributed by atoms with E-state index in [0.29, 0.717) is 10.6 Å². The Morgan fingerprint density at radius 3 is 2.58 bits per heavy atom. The van der Waals surface area contributed by atoms with E-state index in [1.807, 2.05) is 61.7 Å². The van der Waals surface area contributed by atoms with Crippen molar-refractivity contribution >= 4 is 35.3 Å². The van der Waals surface area contributed by atoms with Crippen molar-refractivity contribution in [1.82, 2.24) is 15.2 Å². The van der Waals surface area contributed by atoms with Crippen molar-refractivity contribution in [3.63, 3.8) is 0 Å². The quantitative estimate of drug-likeness (QED) is 0.304. The molecule has 0 unspecified atom stereocenters. The minimum atomic E-state index is -0.425. The summed E-state index contributed by atoms with van der Waals surface area (Å²) in [5.74, 6) is -0.425. The Morgan fingerprint density at radius 1 is 1.03 bits per heavy atom. The van der Waals surface area contributed by atoms with Gasteiger partial charge in [-0.2, -0.15) is 10.2 Å². The van der Waals surface area contributed by atoms with Gasteiger partial charge in [-0.05, 0) is 43.3 Å². The number of amides is 1. The molecule has 1 amide bonds. The van der Waals surface area contributed by atoms with Crippen LogP contribution in [0.3, 0.4) is 0 Å². The lowest BCUT2D eigenvalue weighted by molar-refractivity contribution is 0.0955. The molecule has 1 aromatic heterocycles. The minimum absolute atomic E-state index is 0.262. The monoisotopic (exact) mass is 448 g/mol. The zero-order valence-corrected chi connectivity index (χ0v) is 18.1. The molecule has 31 heavy (non-hydrogen) atoms. The molecular formula is C24H18Cl2N4O. The van der Waals surface area contributed by atoms with E-state index in [1.165, 1.54) is 6.07 Å². The van der Waals surface area contributed by atoms with Crippen LogP contribution in [0.25, 0.3) is 16.9 Å². The lowest BCUT2D eigenvalue weighted by Gasteiger charge is -2.03. The molecule has 0 bridgehead atoms. The fourth-order valence-electron chi connectivity index (χ4n) is 3.11. The Labute approximate surface area is 189 Å². The highest BCUT2D eigenvalue weighted by Gasteiger charge is 2.13. The molecule has 0 saturated carbocycles. The first-order chi connectivity index (χ1) is 15.0. The summed E-state index contributed by atoms with van der Waals surface area (Å²) in [6.07, 6.45) is 3.45. The van der Waals surface area contributed by atoms with Crippen LogP contribution in [0.5, 0.6) is 0 Å². The summed E-state index contributed by atoms with van der Waals surface area (Å²) in [5.41, 5.74) is 7.34. The Morgan fingerprint density at radius 2 is 1.84 bits per heavy atom. The fourth-order valence-corrected chi connectivity index (χ4v) is 3.60. The van der Waals surface area contributed by atoms with E-state index < -0.39 is 5.91 Å². The van der Waals surface area contributed by atoms with Crippen LogP contribution in [-0.4, -0.2) is 21.9 Å². The summed E-state index contributed by atoms with van der Waals surface area (Å²) in [5, 5.41) is 9.60. The zero-order valence-electron chi connectivity index (χ0n) is 16.6. The predicted molar refractivity (Wildman–Crippen MR) is 125 cm³/mol. The number of hydrogen-bond donors (Lipinski definition) is 1. The predicted octanol–water partition coefficient (Wildman–Crippen LogP) is 5.92. The summed E-state index contributed by atoms with van der Waals surface area (Å²) >= 11 is 12.0. The normalized spacial score (nSPS) is 11.1. The summed E-state index contributed by atoms with van der Waals surface area (Å²) in [6.45, 7) is 2.03. The average Bonchev–Trinajstić information content (AvgIpc) is 3.18. The Balaban J connectivity index is 1.64. The van der Waals surface area contributed by atoms with E-state index >= 15 is 0 Å². The lowest BCUT2D eigenvalue weighted by Crippen LogP contribution is -2.18. The maximum atomic E-state index is 12.4. The number of hydrogen-bond acceptors (Lipinski definition) is 3. The van der Waals surface area contributed by atoms with Crippen LogP contribution in [0.2, 0.25) is 10.0 Å². The van der Waals surface area contributed by atoms with Gasteiger partial charge in [0.25, 0.3) is 5.91 Å². The van der Waals surface area contributed by atoms with Gasteiger partial charge in [0.15, 0.2) is 0 Å². The summed E-state index contributed by atoms with van der Waals surface area (Å²) < 4.78 is 1.79. The number of hydrazone groups is 1. The molecule has 0 spiro atoms. The second-order valence-electron chi connectivity index (χ2n) is 6.91. The molecule has 1 heterocycles. The van der Waals surface area contributed by atoms with Crippen LogP contribution in [0.4, 0.5) is 0 Å². The van der Waals surface area contributed by atoms with Crippen molar-refractivity contribution in [3.8, 4) is 16.9 Å². The van der Waals surface area contributed by atoms with Crippen molar-refractivity contribution in [3.05, 3.63) is 106 Å². The molecule has 0 atom stereocenters. The van der Waals surface area contributed by atoms with Gasteiger partial charge in [0, 0.05) is 22.3 Å². The second-order valence-corrected chi connectivity index (χ2v) is 7.75. The SMILES string of the molecule is Cc1cccc(-c2nn(-c3ccccc3)cc2C=NNC(=O)c2ccc(Cl)cc2Cl)c1. The topological polar surface area (TPSA) is 59.3 Å². The van der Waals surface area contributed by atoms with Crippen molar-refractivity contribution < 1.29 is 4.79 Å². The zero-order chi connectivity index (χ0) is 21.8. The number of para-hydroxylation sites is 1. The molecule has 3 aromatic carbocycles. The van der Waals surface area contributed by atoms with E-state index in [1.54, 1.807) is 23.0 Å². The third kappa shape index (κ3) is 4.85. The van der Waals surface area contributed by atoms with Crippen LogP contribution < -0.4 is 5.43 Å². The first-order valence-electron chi connectivity index (χ1n) is 9.52. The van der Waals surface area contributed by atoms with Gasteiger partial charge in [0.05, 0.1) is 22.5 Å². The number of carbonyl (C=O) groups excluding carboxylic acids is 1. The number of nitrogens with one attached hydrogen (secondary N) is 1. The van der Waals surface area contributed by atoms with Crippen molar-refractivity contribution in [2.45, 2.75) is 6.92 Å². The van der Waals surface area contributed by atoms with Gasteiger partial charge < -0.3 is 0 Å². The Kier molecular flexibility index (Phi) is 6.16. The van der Waals surface area contributed by atoms with Crippen LogP contribution >= 0.6 is 23.2 Å². The van der Waals surface area contributed by atoms with Gasteiger partial charge in [-0.3, -0.25) is 4.79 Å². The van der Waals surface area contributed by atoms with Gasteiger partial charge >= 0.3 is 0 Å². The average molecular weight is 449 g/mol. The van der Waals surface area contributed by atoms with Gasteiger partial charge in [-0.15, -0.1) is 0 Å². The van der Waals surface area contributed by atoms with Crippen LogP contribution in [0, 0.1) is 6.92 Å². The number of carbonyl (C=O) groups is 1. The molecule has 0 radical (unpaired) electrons. The van der Waals surface area contributed by atoms with Crippen molar-refractivity contribution in [2.75, 3.05) is 0 Å². The second kappa shape index (κ2) is 9.16. The minimum Gasteiger partial charge on any atom is -0.267 e. The van der Waals surface area contributed by atoms with Gasteiger partial charge in [0.2, 0.25) is 0 Å². The third-order valence-corrected chi connectivity index (χ3v) is 5.15. The van der Waals surface area contributed by atoms with E-state index in [-0.39, 0.29) is 5.02 Å². The van der Waals surface area contributed by atoms with E-state index in [0.717, 1.165) is 28.1 Å². The Hall–Kier alpha value is -3.41. The molecule has 4 aromatic rings. The molecule has 5 nitrogen and oxygen atoms in total. The van der Waals surface area contributed by atoms with Gasteiger partial charge in [-0.1, -0.05) is 65.2 Å². The number of benzene rings is 3. The summed E-state index contributed by atoms with van der Waals surface area (Å²) in [7, 11) is 0. The molecule has 4 rings (SSSR count). The molecule has 1 N–H and O–H groups in total. The van der Waals surface area contributed by atoms with Gasteiger partial charge in [-0.25, -0.2) is 10.1 Å². The van der Waals surface area contributed by atoms with E-state index in [2.05, 4.69) is 16.6 Å².